The molecule has 7 nitrogen and oxygen atoms in total. The van der Waals surface area contributed by atoms with E-state index in [0.717, 1.165) is 38.5 Å². The van der Waals surface area contributed by atoms with Crippen molar-refractivity contribution in [2.45, 2.75) is 252 Å². The highest BCUT2D eigenvalue weighted by Gasteiger charge is 2.17. The van der Waals surface area contributed by atoms with E-state index < -0.39 is 6.16 Å². The molecule has 0 spiro atoms. The van der Waals surface area contributed by atoms with Crippen LogP contribution in [0.15, 0.2) is 0 Å². The van der Waals surface area contributed by atoms with Crippen LogP contribution in [-0.4, -0.2) is 44.0 Å². The van der Waals surface area contributed by atoms with Crippen LogP contribution < -0.4 is 0 Å². The second-order valence-electron chi connectivity index (χ2n) is 15.7. The fraction of sp³-hybridized carbons (Fsp3) is 0.935. The molecule has 314 valence electrons. The summed E-state index contributed by atoms with van der Waals surface area (Å²) in [6.07, 6.45) is 38.4. The molecule has 0 fully saturated rings. The van der Waals surface area contributed by atoms with Gasteiger partial charge in [0, 0.05) is 18.8 Å². The number of esters is 2. The lowest BCUT2D eigenvalue weighted by atomic mass is 10.0. The highest BCUT2D eigenvalue weighted by molar-refractivity contribution is 5.72. The van der Waals surface area contributed by atoms with E-state index >= 15 is 0 Å². The molecule has 0 aromatic rings. The van der Waals surface area contributed by atoms with Gasteiger partial charge in [-0.2, -0.15) is 0 Å². The average molecular weight is 753 g/mol. The Morgan fingerprint density at radius 3 is 1.21 bits per heavy atom. The fourth-order valence-electron chi connectivity index (χ4n) is 6.79. The number of unbranched alkanes of at least 4 members (excludes halogenated alkanes) is 25. The SMILES string of the molecule is CCCCCCCCCCCCCCCCCCOC(=O)OCC(CC)COC(=O)CCCC(=O)OC(CCCCCCCC)CCCCCCCC. The third kappa shape index (κ3) is 38.3. The normalized spacial score (nSPS) is 11.9. The Labute approximate surface area is 328 Å². The van der Waals surface area contributed by atoms with Crippen molar-refractivity contribution < 1.29 is 33.3 Å². The van der Waals surface area contributed by atoms with E-state index in [1.54, 1.807) is 0 Å². The lowest BCUT2D eigenvalue weighted by Crippen LogP contribution is -2.21. The molecule has 1 unspecified atom stereocenters. The van der Waals surface area contributed by atoms with Crippen molar-refractivity contribution in [2.75, 3.05) is 19.8 Å². The first-order chi connectivity index (χ1) is 26.0. The summed E-state index contributed by atoms with van der Waals surface area (Å²) in [5.74, 6) is -0.632. The Morgan fingerprint density at radius 2 is 0.774 bits per heavy atom. The Bertz CT molecular complexity index is 785. The van der Waals surface area contributed by atoms with Crippen molar-refractivity contribution in [1.82, 2.24) is 0 Å². The maximum atomic E-state index is 12.6. The molecule has 0 aromatic carbocycles. The van der Waals surface area contributed by atoms with Crippen LogP contribution >= 0.6 is 0 Å². The fourth-order valence-corrected chi connectivity index (χ4v) is 6.79. The van der Waals surface area contributed by atoms with Crippen LogP contribution in [0.4, 0.5) is 4.79 Å². The minimum absolute atomic E-state index is 0.0160. The summed E-state index contributed by atoms with van der Waals surface area (Å²) in [6, 6.07) is 0. The van der Waals surface area contributed by atoms with Crippen LogP contribution in [0.3, 0.4) is 0 Å². The van der Waals surface area contributed by atoms with Gasteiger partial charge in [-0.25, -0.2) is 4.79 Å². The topological polar surface area (TPSA) is 88.1 Å². The zero-order valence-corrected chi connectivity index (χ0v) is 35.7. The number of rotatable bonds is 41. The van der Waals surface area contributed by atoms with Crippen molar-refractivity contribution in [3.05, 3.63) is 0 Å². The van der Waals surface area contributed by atoms with Crippen LogP contribution in [-0.2, 0) is 28.5 Å². The molecule has 0 aliphatic heterocycles. The van der Waals surface area contributed by atoms with E-state index in [1.807, 2.05) is 6.92 Å². The summed E-state index contributed by atoms with van der Waals surface area (Å²) in [4.78, 5) is 37.1. The van der Waals surface area contributed by atoms with Crippen LogP contribution in [0.2, 0.25) is 0 Å². The molecule has 0 amide bonds. The number of carbonyl (C=O) groups is 3. The predicted octanol–water partition coefficient (Wildman–Crippen LogP) is 14.6. The summed E-state index contributed by atoms with van der Waals surface area (Å²) < 4.78 is 21.9. The Balaban J connectivity index is 3.96. The third-order valence-corrected chi connectivity index (χ3v) is 10.5. The first kappa shape index (κ1) is 51.2. The molecular weight excluding hydrogens is 664 g/mol. The van der Waals surface area contributed by atoms with E-state index in [9.17, 15) is 14.4 Å². The second kappa shape index (κ2) is 41.4. The van der Waals surface area contributed by atoms with Crippen LogP contribution in [0.5, 0.6) is 0 Å². The molecule has 0 aliphatic carbocycles. The summed E-state index contributed by atoms with van der Waals surface area (Å²) in [7, 11) is 0. The average Bonchev–Trinajstić information content (AvgIpc) is 3.15. The molecule has 7 heteroatoms. The monoisotopic (exact) mass is 753 g/mol. The third-order valence-electron chi connectivity index (χ3n) is 10.5. The Hall–Kier alpha value is -1.79. The highest BCUT2D eigenvalue weighted by atomic mass is 16.7. The molecule has 1 atom stereocenters. The van der Waals surface area contributed by atoms with E-state index in [0.29, 0.717) is 19.4 Å². The van der Waals surface area contributed by atoms with Crippen LogP contribution in [0.25, 0.3) is 0 Å². The van der Waals surface area contributed by atoms with Gasteiger partial charge in [0.15, 0.2) is 0 Å². The molecule has 0 aliphatic rings. The molecule has 0 N–H and O–H groups in total. The summed E-state index contributed by atoms with van der Waals surface area (Å²) in [5, 5.41) is 0. The van der Waals surface area contributed by atoms with Crippen molar-refractivity contribution in [3.8, 4) is 0 Å². The molecule has 0 heterocycles. The number of hydrogen-bond acceptors (Lipinski definition) is 7. The van der Waals surface area contributed by atoms with Gasteiger partial charge < -0.3 is 18.9 Å². The highest BCUT2D eigenvalue weighted by Crippen LogP contribution is 2.19. The quantitative estimate of drug-likeness (QED) is 0.0349. The number of ether oxygens (including phenoxy) is 4. The van der Waals surface area contributed by atoms with Gasteiger partial charge in [0.25, 0.3) is 0 Å². The van der Waals surface area contributed by atoms with Gasteiger partial charge in [-0.1, -0.05) is 188 Å². The van der Waals surface area contributed by atoms with E-state index in [-0.39, 0.29) is 50.0 Å². The lowest BCUT2D eigenvalue weighted by molar-refractivity contribution is -0.150. The van der Waals surface area contributed by atoms with Gasteiger partial charge in [0.1, 0.15) is 12.7 Å². The van der Waals surface area contributed by atoms with E-state index in [4.69, 9.17) is 18.9 Å². The number of hydrogen-bond donors (Lipinski definition) is 0. The van der Waals surface area contributed by atoms with Gasteiger partial charge in [-0.15, -0.1) is 0 Å². The largest absolute Gasteiger partial charge is 0.508 e. The van der Waals surface area contributed by atoms with Gasteiger partial charge >= 0.3 is 18.1 Å². The van der Waals surface area contributed by atoms with E-state index in [1.165, 1.54) is 154 Å². The standard InChI is InChI=1S/C46H88O7/c1-5-9-12-15-18-19-20-21-22-23-24-25-26-27-30-33-39-50-46(49)52-41-42(8-4)40-51-44(47)37-34-38-45(48)53-43(35-31-28-16-13-10-6-2)36-32-29-17-14-11-7-3/h42-43H,5-41H2,1-4H3. The zero-order chi connectivity index (χ0) is 38.9. The molecule has 0 saturated carbocycles. The Kier molecular flexibility index (Phi) is 40.0. The van der Waals surface area contributed by atoms with Gasteiger partial charge in [-0.05, 0) is 44.9 Å². The summed E-state index contributed by atoms with van der Waals surface area (Å²) in [6.45, 7) is 9.44. The van der Waals surface area contributed by atoms with Gasteiger partial charge in [0.05, 0.1) is 13.2 Å². The molecular formula is C46H88O7. The number of carbonyl (C=O) groups excluding carboxylic acids is 3. The Morgan fingerprint density at radius 1 is 0.396 bits per heavy atom. The second-order valence-corrected chi connectivity index (χ2v) is 15.7. The van der Waals surface area contributed by atoms with Crippen LogP contribution in [0, 0.1) is 5.92 Å². The molecule has 0 aromatic heterocycles. The molecule has 0 rings (SSSR count). The molecule has 0 saturated heterocycles. The first-order valence-corrected chi connectivity index (χ1v) is 23.1. The smallest absolute Gasteiger partial charge is 0.465 e. The van der Waals surface area contributed by atoms with E-state index in [2.05, 4.69) is 20.8 Å². The van der Waals surface area contributed by atoms with Gasteiger partial charge in [0.2, 0.25) is 0 Å². The lowest BCUT2D eigenvalue weighted by Gasteiger charge is -2.18. The minimum Gasteiger partial charge on any atom is -0.465 e. The summed E-state index contributed by atoms with van der Waals surface area (Å²) >= 11 is 0. The zero-order valence-electron chi connectivity index (χ0n) is 35.7. The van der Waals surface area contributed by atoms with Gasteiger partial charge in [-0.3, -0.25) is 9.59 Å². The maximum Gasteiger partial charge on any atom is 0.508 e. The van der Waals surface area contributed by atoms with Crippen molar-refractivity contribution in [1.29, 1.82) is 0 Å². The van der Waals surface area contributed by atoms with Crippen molar-refractivity contribution in [3.63, 3.8) is 0 Å². The van der Waals surface area contributed by atoms with Crippen molar-refractivity contribution >= 4 is 18.1 Å². The minimum atomic E-state index is -0.652. The predicted molar refractivity (Wildman–Crippen MR) is 221 cm³/mol. The van der Waals surface area contributed by atoms with Crippen molar-refractivity contribution in [2.24, 2.45) is 5.92 Å². The summed E-state index contributed by atoms with van der Waals surface area (Å²) in [5.41, 5.74) is 0. The molecule has 53 heavy (non-hydrogen) atoms. The molecule has 0 bridgehead atoms. The van der Waals surface area contributed by atoms with Crippen LogP contribution in [0.1, 0.15) is 246 Å². The maximum absolute atomic E-state index is 12.6. The molecule has 0 radical (unpaired) electrons. The first-order valence-electron chi connectivity index (χ1n) is 23.1.